The van der Waals surface area contributed by atoms with E-state index in [0.29, 0.717) is 34.3 Å². The third-order valence-electron chi connectivity index (χ3n) is 5.71. The van der Waals surface area contributed by atoms with Crippen molar-refractivity contribution in [3.8, 4) is 16.9 Å². The molecule has 1 aromatic heterocycles. The number of benzene rings is 3. The number of halogens is 1. The number of anilines is 1. The molecule has 0 spiro atoms. The van der Waals surface area contributed by atoms with Gasteiger partial charge in [0.15, 0.2) is 0 Å². The van der Waals surface area contributed by atoms with E-state index in [1.165, 1.54) is 0 Å². The number of aromatic nitrogens is 2. The molecular formula is C29H29ClN4O2. The second-order valence-corrected chi connectivity index (χ2v) is 9.49. The Morgan fingerprint density at radius 1 is 0.972 bits per heavy atom. The van der Waals surface area contributed by atoms with E-state index in [4.69, 9.17) is 16.7 Å². The highest BCUT2D eigenvalue weighted by Crippen LogP contribution is 2.28. The summed E-state index contributed by atoms with van der Waals surface area (Å²) >= 11 is 6.46. The van der Waals surface area contributed by atoms with Gasteiger partial charge >= 0.3 is 0 Å². The van der Waals surface area contributed by atoms with E-state index in [2.05, 4.69) is 5.32 Å². The van der Waals surface area contributed by atoms with Gasteiger partial charge in [-0.2, -0.15) is 5.10 Å². The summed E-state index contributed by atoms with van der Waals surface area (Å²) in [5.41, 5.74) is 3.72. The number of hydrogen-bond acceptors (Lipinski definition) is 3. The molecule has 4 aromatic rings. The number of para-hydroxylation sites is 1. The SMILES string of the molecule is Cc1ccccc1C(=O)N(CC(=O)Nc1cc(-c2ccccc2)nn1-c1ccccc1Cl)CC(C)C. The van der Waals surface area contributed by atoms with Gasteiger partial charge in [-0.15, -0.1) is 0 Å². The van der Waals surface area contributed by atoms with E-state index in [0.717, 1.165) is 11.1 Å². The minimum atomic E-state index is -0.314. The molecular weight excluding hydrogens is 472 g/mol. The number of nitrogens with zero attached hydrogens (tertiary/aromatic N) is 3. The van der Waals surface area contributed by atoms with Crippen LogP contribution in [0.15, 0.2) is 84.9 Å². The van der Waals surface area contributed by atoms with Gasteiger partial charge in [-0.05, 0) is 36.6 Å². The molecule has 0 fully saturated rings. The highest BCUT2D eigenvalue weighted by Gasteiger charge is 2.22. The largest absolute Gasteiger partial charge is 0.329 e. The van der Waals surface area contributed by atoms with Crippen molar-refractivity contribution in [2.45, 2.75) is 20.8 Å². The maximum absolute atomic E-state index is 13.3. The van der Waals surface area contributed by atoms with Gasteiger partial charge in [-0.1, -0.05) is 86.1 Å². The summed E-state index contributed by atoms with van der Waals surface area (Å²) in [5.74, 6) is 0.191. The van der Waals surface area contributed by atoms with Crippen molar-refractivity contribution in [3.05, 3.63) is 101 Å². The molecule has 0 aliphatic heterocycles. The highest BCUT2D eigenvalue weighted by atomic mass is 35.5. The van der Waals surface area contributed by atoms with Crippen LogP contribution in [-0.4, -0.2) is 39.6 Å². The summed E-state index contributed by atoms with van der Waals surface area (Å²) < 4.78 is 1.62. The lowest BCUT2D eigenvalue weighted by Crippen LogP contribution is -2.40. The molecule has 36 heavy (non-hydrogen) atoms. The van der Waals surface area contributed by atoms with Gasteiger partial charge < -0.3 is 10.2 Å². The molecule has 1 N–H and O–H groups in total. The number of rotatable bonds is 8. The zero-order valence-corrected chi connectivity index (χ0v) is 21.4. The van der Waals surface area contributed by atoms with Crippen LogP contribution in [0.4, 0.5) is 5.82 Å². The molecule has 0 aliphatic rings. The van der Waals surface area contributed by atoms with Crippen LogP contribution in [0.5, 0.6) is 0 Å². The lowest BCUT2D eigenvalue weighted by Gasteiger charge is -2.25. The van der Waals surface area contributed by atoms with E-state index >= 15 is 0 Å². The van der Waals surface area contributed by atoms with Gasteiger partial charge in [-0.3, -0.25) is 9.59 Å². The van der Waals surface area contributed by atoms with Gasteiger partial charge in [-0.25, -0.2) is 4.68 Å². The summed E-state index contributed by atoms with van der Waals surface area (Å²) in [4.78, 5) is 28.2. The Morgan fingerprint density at radius 3 is 2.33 bits per heavy atom. The fraction of sp³-hybridized carbons (Fsp3) is 0.207. The minimum Gasteiger partial charge on any atom is -0.329 e. The summed E-state index contributed by atoms with van der Waals surface area (Å²) in [5, 5.41) is 8.19. The molecule has 6 nitrogen and oxygen atoms in total. The van der Waals surface area contributed by atoms with Crippen LogP contribution in [0.25, 0.3) is 16.9 Å². The van der Waals surface area contributed by atoms with Gasteiger partial charge in [0.05, 0.1) is 16.4 Å². The predicted molar refractivity (Wildman–Crippen MR) is 145 cm³/mol. The van der Waals surface area contributed by atoms with Gasteiger partial charge in [0.2, 0.25) is 5.91 Å². The van der Waals surface area contributed by atoms with Crippen LogP contribution in [0.3, 0.4) is 0 Å². The molecule has 0 radical (unpaired) electrons. The first kappa shape index (κ1) is 25.2. The van der Waals surface area contributed by atoms with Crippen LogP contribution in [0.2, 0.25) is 5.02 Å². The first-order valence-corrected chi connectivity index (χ1v) is 12.3. The Labute approximate surface area is 216 Å². The van der Waals surface area contributed by atoms with Crippen molar-refractivity contribution in [1.29, 1.82) is 0 Å². The Bertz CT molecular complexity index is 1360. The molecule has 184 valence electrons. The Kier molecular flexibility index (Phi) is 7.86. The lowest BCUT2D eigenvalue weighted by molar-refractivity contribution is -0.117. The van der Waals surface area contributed by atoms with Crippen molar-refractivity contribution >= 4 is 29.2 Å². The lowest BCUT2D eigenvalue weighted by atomic mass is 10.1. The van der Waals surface area contributed by atoms with Crippen molar-refractivity contribution in [1.82, 2.24) is 14.7 Å². The molecule has 0 unspecified atom stereocenters. The molecule has 3 aromatic carbocycles. The normalized spacial score (nSPS) is 10.9. The first-order valence-electron chi connectivity index (χ1n) is 11.9. The number of hydrogen-bond donors (Lipinski definition) is 1. The van der Waals surface area contributed by atoms with Crippen molar-refractivity contribution in [2.24, 2.45) is 5.92 Å². The van der Waals surface area contributed by atoms with Gasteiger partial charge in [0, 0.05) is 23.7 Å². The van der Waals surface area contributed by atoms with Crippen molar-refractivity contribution in [2.75, 3.05) is 18.4 Å². The van der Waals surface area contributed by atoms with E-state index < -0.39 is 0 Å². The van der Waals surface area contributed by atoms with Crippen LogP contribution in [0.1, 0.15) is 29.8 Å². The maximum Gasteiger partial charge on any atom is 0.254 e. The number of aryl methyl sites for hydroxylation is 1. The highest BCUT2D eigenvalue weighted by molar-refractivity contribution is 6.32. The van der Waals surface area contributed by atoms with Crippen molar-refractivity contribution < 1.29 is 9.59 Å². The van der Waals surface area contributed by atoms with E-state index in [9.17, 15) is 9.59 Å². The van der Waals surface area contributed by atoms with E-state index in [1.807, 2.05) is 93.6 Å². The minimum absolute atomic E-state index is 0.0836. The second kappa shape index (κ2) is 11.2. The molecule has 0 atom stereocenters. The molecule has 0 saturated carbocycles. The number of amides is 2. The topological polar surface area (TPSA) is 67.2 Å². The second-order valence-electron chi connectivity index (χ2n) is 9.09. The molecule has 4 rings (SSSR count). The summed E-state index contributed by atoms with van der Waals surface area (Å²) in [6, 6.07) is 26.3. The monoisotopic (exact) mass is 500 g/mol. The van der Waals surface area contributed by atoms with Crippen LogP contribution in [0, 0.1) is 12.8 Å². The first-order chi connectivity index (χ1) is 17.3. The Hall–Kier alpha value is -3.90. The molecule has 0 aliphatic carbocycles. The molecule has 0 bridgehead atoms. The zero-order chi connectivity index (χ0) is 25.7. The molecule has 1 heterocycles. The van der Waals surface area contributed by atoms with Crippen molar-refractivity contribution in [3.63, 3.8) is 0 Å². The maximum atomic E-state index is 13.3. The summed E-state index contributed by atoms with van der Waals surface area (Å²) in [7, 11) is 0. The molecule has 0 saturated heterocycles. The predicted octanol–water partition coefficient (Wildman–Crippen LogP) is 6.24. The Balaban J connectivity index is 1.63. The smallest absolute Gasteiger partial charge is 0.254 e. The average molecular weight is 501 g/mol. The number of carbonyl (C=O) groups is 2. The van der Waals surface area contributed by atoms with Crippen LogP contribution < -0.4 is 5.32 Å². The van der Waals surface area contributed by atoms with E-state index in [-0.39, 0.29) is 24.3 Å². The number of nitrogens with one attached hydrogen (secondary N) is 1. The zero-order valence-electron chi connectivity index (χ0n) is 20.6. The summed E-state index contributed by atoms with van der Waals surface area (Å²) in [6.07, 6.45) is 0. The Morgan fingerprint density at radius 2 is 1.64 bits per heavy atom. The van der Waals surface area contributed by atoms with Gasteiger partial charge in [0.25, 0.3) is 5.91 Å². The van der Waals surface area contributed by atoms with Crippen LogP contribution >= 0.6 is 11.6 Å². The quantitative estimate of drug-likeness (QED) is 0.311. The molecule has 7 heteroatoms. The third-order valence-corrected chi connectivity index (χ3v) is 6.03. The van der Waals surface area contributed by atoms with Crippen LogP contribution in [-0.2, 0) is 4.79 Å². The summed E-state index contributed by atoms with van der Waals surface area (Å²) in [6.45, 7) is 6.32. The molecule has 2 amide bonds. The fourth-order valence-corrected chi connectivity index (χ4v) is 4.24. The fourth-order valence-electron chi connectivity index (χ4n) is 4.03. The van der Waals surface area contributed by atoms with E-state index in [1.54, 1.807) is 21.7 Å². The standard InChI is InChI=1S/C29H29ClN4O2/c1-20(2)18-33(29(36)23-14-8-7-11-21(23)3)19-28(35)31-27-17-25(22-12-5-4-6-13-22)32-34(27)26-16-10-9-15-24(26)30/h4-17,20H,18-19H2,1-3H3,(H,31,35). The van der Waals surface area contributed by atoms with Gasteiger partial charge in [0.1, 0.15) is 12.4 Å². The average Bonchev–Trinajstić information content (AvgIpc) is 3.27. The number of carbonyl (C=O) groups excluding carboxylic acids is 2. The third kappa shape index (κ3) is 5.83.